The number of carbonyl (C=O) groups is 3. The van der Waals surface area contributed by atoms with Gasteiger partial charge in [-0.2, -0.15) is 0 Å². The molecule has 0 radical (unpaired) electrons. The van der Waals surface area contributed by atoms with Crippen LogP contribution in [0.5, 0.6) is 5.75 Å². The lowest BCUT2D eigenvalue weighted by Crippen LogP contribution is -2.25. The summed E-state index contributed by atoms with van der Waals surface area (Å²) >= 11 is 0. The average molecular weight is 537 g/mol. The fraction of sp³-hybridized carbons (Fsp3) is 0.194. The molecule has 202 valence electrons. The van der Waals surface area contributed by atoms with Gasteiger partial charge < -0.3 is 19.6 Å². The van der Waals surface area contributed by atoms with Crippen LogP contribution in [-0.2, 0) is 6.42 Å². The molecule has 2 aromatic heterocycles. The molecule has 5 rings (SSSR count). The number of ketones is 1. The van der Waals surface area contributed by atoms with Gasteiger partial charge in [-0.05, 0) is 73.5 Å². The normalized spacial score (nSPS) is 12.4. The van der Waals surface area contributed by atoms with Gasteiger partial charge in [0.1, 0.15) is 11.6 Å². The molecule has 1 aliphatic rings. The van der Waals surface area contributed by atoms with Gasteiger partial charge in [-0.1, -0.05) is 12.1 Å². The summed E-state index contributed by atoms with van der Waals surface area (Å²) in [6, 6.07) is 16.6. The Labute approximate surface area is 231 Å². The molecule has 2 aromatic carbocycles. The summed E-state index contributed by atoms with van der Waals surface area (Å²) in [4.78, 5) is 50.0. The van der Waals surface area contributed by atoms with Crippen molar-refractivity contribution in [2.24, 2.45) is 0 Å². The maximum Gasteiger partial charge on any atom is 0.335 e. The minimum atomic E-state index is -1.04. The third kappa shape index (κ3) is 5.01. The Morgan fingerprint density at radius 2 is 1.68 bits per heavy atom. The van der Waals surface area contributed by atoms with E-state index < -0.39 is 5.97 Å². The molecule has 4 aromatic rings. The van der Waals surface area contributed by atoms with E-state index in [-0.39, 0.29) is 17.3 Å². The fourth-order valence-electron chi connectivity index (χ4n) is 4.72. The topological polar surface area (TPSA) is 113 Å². The molecule has 1 aliphatic heterocycles. The van der Waals surface area contributed by atoms with Gasteiger partial charge in [-0.15, -0.1) is 0 Å². The molecule has 0 saturated heterocycles. The van der Waals surface area contributed by atoms with Gasteiger partial charge in [0.15, 0.2) is 11.6 Å². The molecule has 9 heteroatoms. The van der Waals surface area contributed by atoms with Gasteiger partial charge in [0, 0.05) is 43.5 Å². The second kappa shape index (κ2) is 11.0. The van der Waals surface area contributed by atoms with E-state index in [1.165, 1.54) is 24.3 Å². The number of carboxylic acids is 1. The molecule has 1 amide bonds. The van der Waals surface area contributed by atoms with Crippen molar-refractivity contribution >= 4 is 35.0 Å². The highest BCUT2D eigenvalue weighted by Crippen LogP contribution is 2.37. The monoisotopic (exact) mass is 536 g/mol. The number of carbonyl (C=O) groups excluding carboxylic acids is 2. The second-order valence-electron chi connectivity index (χ2n) is 9.46. The number of nitrogens with zero attached hydrogens (tertiary/aromatic N) is 4. The number of aryl methyl sites for hydroxylation is 1. The number of anilines is 3. The number of hydrogen-bond donors (Lipinski definition) is 1. The fourth-order valence-corrected chi connectivity index (χ4v) is 4.72. The van der Waals surface area contributed by atoms with E-state index in [1.54, 1.807) is 42.5 Å². The van der Waals surface area contributed by atoms with Crippen molar-refractivity contribution in [2.45, 2.75) is 20.3 Å². The molecule has 0 spiro atoms. The predicted octanol–water partition coefficient (Wildman–Crippen LogP) is 5.08. The lowest BCUT2D eigenvalue weighted by molar-refractivity contribution is 0.0696. The summed E-state index contributed by atoms with van der Waals surface area (Å²) in [6.07, 6.45) is 4.00. The summed E-state index contributed by atoms with van der Waals surface area (Å²) in [7, 11) is 1.74. The Balaban J connectivity index is 1.28. The predicted molar refractivity (Wildman–Crippen MR) is 151 cm³/mol. The third-order valence-electron chi connectivity index (χ3n) is 6.89. The van der Waals surface area contributed by atoms with Gasteiger partial charge in [-0.25, -0.2) is 14.8 Å². The number of ether oxygens (including phenoxy) is 1. The number of rotatable bonds is 8. The zero-order valence-corrected chi connectivity index (χ0v) is 22.4. The Morgan fingerprint density at radius 1 is 0.950 bits per heavy atom. The van der Waals surface area contributed by atoms with E-state index in [9.17, 15) is 14.4 Å². The van der Waals surface area contributed by atoms with Crippen LogP contribution in [0.2, 0.25) is 0 Å². The molecular weight excluding hydrogens is 508 g/mol. The number of hydrogen-bond acceptors (Lipinski definition) is 7. The largest absolute Gasteiger partial charge is 0.493 e. The van der Waals surface area contributed by atoms with Crippen LogP contribution in [0.25, 0.3) is 0 Å². The van der Waals surface area contributed by atoms with Gasteiger partial charge in [-0.3, -0.25) is 9.59 Å². The van der Waals surface area contributed by atoms with Crippen LogP contribution in [0.1, 0.15) is 54.7 Å². The van der Waals surface area contributed by atoms with Gasteiger partial charge in [0.05, 0.1) is 23.4 Å². The van der Waals surface area contributed by atoms with Crippen LogP contribution in [-0.4, -0.2) is 52.9 Å². The summed E-state index contributed by atoms with van der Waals surface area (Å²) in [5, 5.41) is 9.06. The number of pyridine rings is 2. The summed E-state index contributed by atoms with van der Waals surface area (Å²) in [5.74, 6) is 0.533. The third-order valence-corrected chi connectivity index (χ3v) is 6.89. The van der Waals surface area contributed by atoms with E-state index in [4.69, 9.17) is 9.84 Å². The Hall–Kier alpha value is -5.05. The van der Waals surface area contributed by atoms with E-state index in [1.807, 2.05) is 36.9 Å². The SMILES string of the molecule is CCN1c2ncc(CCOc3ccc(C(=O)c4ccc(C(=O)O)cc4)cc3C)cc2C(=O)N(C)c2cccnc21. The van der Waals surface area contributed by atoms with Crippen molar-refractivity contribution in [1.29, 1.82) is 0 Å². The molecule has 0 fully saturated rings. The van der Waals surface area contributed by atoms with E-state index >= 15 is 0 Å². The minimum absolute atomic E-state index is 0.127. The minimum Gasteiger partial charge on any atom is -0.493 e. The van der Waals surface area contributed by atoms with Crippen LogP contribution in [0.3, 0.4) is 0 Å². The number of amides is 1. The standard InChI is InChI=1S/C31H28N4O5/c1-4-35-28-24(30(37)34(3)25-6-5-14-32-29(25)35)17-20(18-33-28)13-15-40-26-12-11-23(16-19(26)2)27(36)21-7-9-22(10-8-21)31(38)39/h5-12,14,16-18H,4,13,15H2,1-3H3,(H,38,39). The molecule has 0 aliphatic carbocycles. The second-order valence-corrected chi connectivity index (χ2v) is 9.46. The molecule has 3 heterocycles. The van der Waals surface area contributed by atoms with Crippen molar-refractivity contribution in [3.8, 4) is 5.75 Å². The Bertz CT molecular complexity index is 1620. The van der Waals surface area contributed by atoms with Crippen molar-refractivity contribution in [2.75, 3.05) is 30.0 Å². The molecule has 9 nitrogen and oxygen atoms in total. The van der Waals surface area contributed by atoms with Crippen molar-refractivity contribution in [1.82, 2.24) is 9.97 Å². The zero-order valence-electron chi connectivity index (χ0n) is 22.4. The molecular formula is C31H28N4O5. The van der Waals surface area contributed by atoms with E-state index in [0.29, 0.717) is 53.6 Å². The smallest absolute Gasteiger partial charge is 0.335 e. The lowest BCUT2D eigenvalue weighted by atomic mass is 10.0. The Kier molecular flexibility index (Phi) is 7.29. The maximum atomic E-state index is 13.3. The number of benzene rings is 2. The molecule has 0 unspecified atom stereocenters. The van der Waals surface area contributed by atoms with E-state index in [0.717, 1.165) is 16.8 Å². The maximum absolute atomic E-state index is 13.3. The molecule has 0 bridgehead atoms. The molecule has 40 heavy (non-hydrogen) atoms. The van der Waals surface area contributed by atoms with Gasteiger partial charge >= 0.3 is 5.97 Å². The van der Waals surface area contributed by atoms with Gasteiger partial charge in [0.25, 0.3) is 5.91 Å². The van der Waals surface area contributed by atoms with Crippen LogP contribution in [0.4, 0.5) is 17.3 Å². The summed E-state index contributed by atoms with van der Waals surface area (Å²) in [6.45, 7) is 4.83. The number of carboxylic acid groups (broad SMARTS) is 1. The van der Waals surface area contributed by atoms with Crippen molar-refractivity contribution < 1.29 is 24.2 Å². The van der Waals surface area contributed by atoms with Crippen LogP contribution in [0.15, 0.2) is 73.1 Å². The summed E-state index contributed by atoms with van der Waals surface area (Å²) < 4.78 is 6.01. The number of aromatic carboxylic acids is 1. The summed E-state index contributed by atoms with van der Waals surface area (Å²) in [5.41, 5.74) is 3.93. The van der Waals surface area contributed by atoms with Crippen molar-refractivity contribution in [3.63, 3.8) is 0 Å². The van der Waals surface area contributed by atoms with E-state index in [2.05, 4.69) is 9.97 Å². The first kappa shape index (κ1) is 26.6. The highest BCUT2D eigenvalue weighted by molar-refractivity contribution is 6.12. The first-order chi connectivity index (χ1) is 19.3. The molecule has 0 saturated carbocycles. The van der Waals surface area contributed by atoms with Crippen LogP contribution >= 0.6 is 0 Å². The average Bonchev–Trinajstić information content (AvgIpc) is 3.06. The Morgan fingerprint density at radius 3 is 2.38 bits per heavy atom. The van der Waals surface area contributed by atoms with Crippen LogP contribution in [0, 0.1) is 6.92 Å². The highest BCUT2D eigenvalue weighted by atomic mass is 16.5. The van der Waals surface area contributed by atoms with Crippen LogP contribution < -0.4 is 14.5 Å². The zero-order chi connectivity index (χ0) is 28.4. The van der Waals surface area contributed by atoms with Crippen molar-refractivity contribution in [3.05, 3.63) is 106 Å². The van der Waals surface area contributed by atoms with Gasteiger partial charge in [0.2, 0.25) is 0 Å². The quantitative estimate of drug-likeness (QED) is 0.310. The first-order valence-corrected chi connectivity index (χ1v) is 12.9. The number of fused-ring (bicyclic) bond motifs is 2. The number of aromatic nitrogens is 2. The first-order valence-electron chi connectivity index (χ1n) is 12.9. The molecule has 0 atom stereocenters. The molecule has 1 N–H and O–H groups in total. The highest BCUT2D eigenvalue weighted by Gasteiger charge is 2.30. The lowest BCUT2D eigenvalue weighted by Gasteiger charge is -2.22.